The van der Waals surface area contributed by atoms with Crippen LogP contribution in [0.5, 0.6) is 5.75 Å². The molecule has 0 amide bonds. The standard InChI is InChI=1S/C19H19NO6/c1-4-25-18-8-7-14(13(3)21)9-16(18)11-26-19(22)15-6-5-12(2)17(10-15)20(23)24/h5-10H,4,11H2,1-3H3. The first-order chi connectivity index (χ1) is 12.3. The summed E-state index contributed by atoms with van der Waals surface area (Å²) in [5.74, 6) is -0.293. The van der Waals surface area contributed by atoms with Crippen molar-refractivity contribution in [3.8, 4) is 5.75 Å². The molecule has 7 nitrogen and oxygen atoms in total. The SMILES string of the molecule is CCOc1ccc(C(C)=O)cc1COC(=O)c1ccc(C)c([N+](=O)[O-])c1. The lowest BCUT2D eigenvalue weighted by atomic mass is 10.1. The number of hydrogen-bond donors (Lipinski definition) is 0. The number of Topliss-reactive ketones (excluding diaryl/α,β-unsaturated/α-hetero) is 1. The Balaban J connectivity index is 2.21. The largest absolute Gasteiger partial charge is 0.493 e. The molecule has 0 spiro atoms. The molecular formula is C19H19NO6. The van der Waals surface area contributed by atoms with Crippen molar-refractivity contribution in [2.75, 3.05) is 6.61 Å². The van der Waals surface area contributed by atoms with Gasteiger partial charge in [-0.3, -0.25) is 14.9 Å². The highest BCUT2D eigenvalue weighted by molar-refractivity contribution is 5.94. The topological polar surface area (TPSA) is 95.7 Å². The van der Waals surface area contributed by atoms with Crippen LogP contribution in [-0.4, -0.2) is 23.3 Å². The second-order valence-electron chi connectivity index (χ2n) is 5.65. The minimum Gasteiger partial charge on any atom is -0.493 e. The van der Waals surface area contributed by atoms with Crippen molar-refractivity contribution >= 4 is 17.4 Å². The van der Waals surface area contributed by atoms with E-state index in [1.165, 1.54) is 25.1 Å². The Labute approximate surface area is 150 Å². The van der Waals surface area contributed by atoms with Gasteiger partial charge >= 0.3 is 5.97 Å². The summed E-state index contributed by atoms with van der Waals surface area (Å²) in [4.78, 5) is 34.2. The molecule has 26 heavy (non-hydrogen) atoms. The molecule has 136 valence electrons. The Morgan fingerprint density at radius 1 is 1.12 bits per heavy atom. The van der Waals surface area contributed by atoms with Gasteiger partial charge in [0.1, 0.15) is 12.4 Å². The fraction of sp³-hybridized carbons (Fsp3) is 0.263. The van der Waals surface area contributed by atoms with Crippen LogP contribution in [0.15, 0.2) is 36.4 Å². The van der Waals surface area contributed by atoms with Gasteiger partial charge in [0.05, 0.1) is 17.1 Å². The fourth-order valence-electron chi connectivity index (χ4n) is 2.37. The number of rotatable bonds is 7. The van der Waals surface area contributed by atoms with E-state index in [1.807, 2.05) is 6.92 Å². The van der Waals surface area contributed by atoms with E-state index < -0.39 is 10.9 Å². The van der Waals surface area contributed by atoms with Crippen LogP contribution >= 0.6 is 0 Å². The van der Waals surface area contributed by atoms with Gasteiger partial charge in [-0.15, -0.1) is 0 Å². The summed E-state index contributed by atoms with van der Waals surface area (Å²) in [6.45, 7) is 5.16. The molecule has 0 radical (unpaired) electrons. The lowest BCUT2D eigenvalue weighted by Crippen LogP contribution is -2.08. The summed E-state index contributed by atoms with van der Waals surface area (Å²) < 4.78 is 10.7. The average molecular weight is 357 g/mol. The molecule has 2 rings (SSSR count). The third-order valence-corrected chi connectivity index (χ3v) is 3.77. The number of carbonyl (C=O) groups excluding carboxylic acids is 2. The van der Waals surface area contributed by atoms with Crippen LogP contribution in [0.2, 0.25) is 0 Å². The van der Waals surface area contributed by atoms with E-state index in [1.54, 1.807) is 25.1 Å². The van der Waals surface area contributed by atoms with Crippen LogP contribution in [0.1, 0.15) is 45.7 Å². The van der Waals surface area contributed by atoms with Crippen LogP contribution < -0.4 is 4.74 Å². The molecule has 0 aliphatic heterocycles. The first kappa shape index (κ1) is 19.1. The van der Waals surface area contributed by atoms with Crippen molar-refractivity contribution in [2.24, 2.45) is 0 Å². The number of carbonyl (C=O) groups is 2. The molecule has 0 aliphatic carbocycles. The highest BCUT2D eigenvalue weighted by Gasteiger charge is 2.17. The van der Waals surface area contributed by atoms with E-state index in [4.69, 9.17) is 9.47 Å². The molecule has 0 N–H and O–H groups in total. The normalized spacial score (nSPS) is 10.3. The summed E-state index contributed by atoms with van der Waals surface area (Å²) in [6, 6.07) is 9.06. The van der Waals surface area contributed by atoms with E-state index >= 15 is 0 Å². The molecule has 2 aromatic carbocycles. The first-order valence-corrected chi connectivity index (χ1v) is 8.02. The molecule has 0 fully saturated rings. The third-order valence-electron chi connectivity index (χ3n) is 3.77. The second kappa shape index (κ2) is 8.24. The van der Waals surface area contributed by atoms with E-state index in [-0.39, 0.29) is 23.6 Å². The van der Waals surface area contributed by atoms with Gasteiger partial charge in [0.15, 0.2) is 5.78 Å². The zero-order valence-corrected chi connectivity index (χ0v) is 14.8. The minimum atomic E-state index is -0.691. The molecule has 0 aliphatic rings. The van der Waals surface area contributed by atoms with Gasteiger partial charge in [0, 0.05) is 22.8 Å². The smallest absolute Gasteiger partial charge is 0.338 e. The predicted molar refractivity (Wildman–Crippen MR) is 94.6 cm³/mol. The lowest BCUT2D eigenvalue weighted by Gasteiger charge is -2.12. The number of esters is 1. The molecule has 0 aromatic heterocycles. The molecule has 0 atom stereocenters. The summed E-state index contributed by atoms with van der Waals surface area (Å²) in [6.07, 6.45) is 0. The van der Waals surface area contributed by atoms with Crippen LogP contribution in [0.3, 0.4) is 0 Å². The Kier molecular flexibility index (Phi) is 6.06. The molecule has 0 heterocycles. The maximum Gasteiger partial charge on any atom is 0.338 e. The maximum atomic E-state index is 12.2. The van der Waals surface area contributed by atoms with Gasteiger partial charge < -0.3 is 9.47 Å². The van der Waals surface area contributed by atoms with Gasteiger partial charge in [-0.1, -0.05) is 6.07 Å². The average Bonchev–Trinajstić information content (AvgIpc) is 2.60. The zero-order valence-electron chi connectivity index (χ0n) is 14.8. The van der Waals surface area contributed by atoms with Crippen LogP contribution in [0.25, 0.3) is 0 Å². The number of ketones is 1. The first-order valence-electron chi connectivity index (χ1n) is 8.02. The van der Waals surface area contributed by atoms with Crippen molar-refractivity contribution in [1.82, 2.24) is 0 Å². The number of nitrogens with zero attached hydrogens (tertiary/aromatic N) is 1. The summed E-state index contributed by atoms with van der Waals surface area (Å²) in [5.41, 5.74) is 1.43. The third kappa shape index (κ3) is 4.44. The molecule has 0 saturated heterocycles. The molecule has 0 bridgehead atoms. The molecule has 7 heteroatoms. The summed E-state index contributed by atoms with van der Waals surface area (Å²) in [7, 11) is 0. The number of aryl methyl sites for hydroxylation is 1. The van der Waals surface area contributed by atoms with Gasteiger partial charge in [-0.2, -0.15) is 0 Å². The highest BCUT2D eigenvalue weighted by atomic mass is 16.6. The quantitative estimate of drug-likeness (QED) is 0.323. The molecular weight excluding hydrogens is 338 g/mol. The van der Waals surface area contributed by atoms with E-state index in [9.17, 15) is 19.7 Å². The molecule has 0 saturated carbocycles. The monoisotopic (exact) mass is 357 g/mol. The van der Waals surface area contributed by atoms with Crippen molar-refractivity contribution in [3.63, 3.8) is 0 Å². The Hall–Kier alpha value is -3.22. The fourth-order valence-corrected chi connectivity index (χ4v) is 2.37. The minimum absolute atomic E-state index is 0.0861. The van der Waals surface area contributed by atoms with Gasteiger partial charge in [-0.25, -0.2) is 4.79 Å². The Bertz CT molecular complexity index is 859. The van der Waals surface area contributed by atoms with Gasteiger partial charge in [0.2, 0.25) is 0 Å². The maximum absolute atomic E-state index is 12.2. The zero-order chi connectivity index (χ0) is 19.3. The summed E-state index contributed by atoms with van der Waals surface area (Å²) in [5, 5.41) is 11.0. The molecule has 2 aromatic rings. The number of hydrogen-bond acceptors (Lipinski definition) is 6. The van der Waals surface area contributed by atoms with E-state index in [2.05, 4.69) is 0 Å². The number of nitro groups is 1. The second-order valence-corrected chi connectivity index (χ2v) is 5.65. The Morgan fingerprint density at radius 3 is 2.42 bits per heavy atom. The lowest BCUT2D eigenvalue weighted by molar-refractivity contribution is -0.385. The van der Waals surface area contributed by atoms with Crippen LogP contribution in [0.4, 0.5) is 5.69 Å². The van der Waals surface area contributed by atoms with Gasteiger partial charge in [0.25, 0.3) is 5.69 Å². The molecule has 0 unspecified atom stereocenters. The van der Waals surface area contributed by atoms with E-state index in [0.29, 0.717) is 29.0 Å². The highest BCUT2D eigenvalue weighted by Crippen LogP contribution is 2.23. The number of ether oxygens (including phenoxy) is 2. The summed E-state index contributed by atoms with van der Waals surface area (Å²) >= 11 is 0. The van der Waals surface area contributed by atoms with Crippen molar-refractivity contribution in [3.05, 3.63) is 68.8 Å². The van der Waals surface area contributed by atoms with Crippen molar-refractivity contribution in [2.45, 2.75) is 27.4 Å². The van der Waals surface area contributed by atoms with Crippen molar-refractivity contribution < 1.29 is 24.0 Å². The van der Waals surface area contributed by atoms with Crippen molar-refractivity contribution in [1.29, 1.82) is 0 Å². The van der Waals surface area contributed by atoms with Gasteiger partial charge in [-0.05, 0) is 45.0 Å². The number of nitro benzene ring substituents is 1. The van der Waals surface area contributed by atoms with E-state index in [0.717, 1.165) is 0 Å². The number of benzene rings is 2. The van der Waals surface area contributed by atoms with Crippen LogP contribution in [0, 0.1) is 17.0 Å². The predicted octanol–water partition coefficient (Wildman–Crippen LogP) is 3.86. The Morgan fingerprint density at radius 2 is 1.81 bits per heavy atom. The van der Waals surface area contributed by atoms with Crippen LogP contribution in [-0.2, 0) is 11.3 Å².